The molecule has 0 unspecified atom stereocenters. The van der Waals surface area contributed by atoms with E-state index < -0.39 is 0 Å². The van der Waals surface area contributed by atoms with Gasteiger partial charge >= 0.3 is 0 Å². The van der Waals surface area contributed by atoms with Crippen LogP contribution in [0.5, 0.6) is 0 Å². The lowest BCUT2D eigenvalue weighted by atomic mass is 10.0. The van der Waals surface area contributed by atoms with E-state index in [-0.39, 0.29) is 12.0 Å². The minimum atomic E-state index is 0.168. The molecule has 5 nitrogen and oxygen atoms in total. The van der Waals surface area contributed by atoms with Crippen molar-refractivity contribution in [3.63, 3.8) is 0 Å². The first-order valence-corrected chi connectivity index (χ1v) is 9.16. The van der Waals surface area contributed by atoms with Crippen LogP contribution in [0.1, 0.15) is 36.0 Å². The number of benzene rings is 1. The third kappa shape index (κ3) is 4.05. The van der Waals surface area contributed by atoms with Crippen molar-refractivity contribution in [2.24, 2.45) is 5.73 Å². The smallest absolute Gasteiger partial charge is 0.227 e. The average Bonchev–Trinajstić information content (AvgIpc) is 3.02. The Labute approximate surface area is 149 Å². The summed E-state index contributed by atoms with van der Waals surface area (Å²) in [7, 11) is 0. The summed E-state index contributed by atoms with van der Waals surface area (Å²) in [5, 5.41) is 1.05. The number of aryl methyl sites for hydroxylation is 2. The van der Waals surface area contributed by atoms with Crippen molar-refractivity contribution in [3.8, 4) is 0 Å². The van der Waals surface area contributed by atoms with E-state index in [1.54, 1.807) is 6.26 Å². The van der Waals surface area contributed by atoms with E-state index in [1.807, 2.05) is 4.90 Å². The number of hydrogen-bond donors (Lipinski definition) is 1. The molecule has 2 N–H and O–H groups in total. The Hall–Kier alpha value is -1.85. The van der Waals surface area contributed by atoms with Crippen LogP contribution in [-0.4, -0.2) is 43.2 Å². The molecule has 0 saturated carbocycles. The Morgan fingerprint density at radius 3 is 2.80 bits per heavy atom. The number of hydrogen-bond acceptors (Lipinski definition) is 4. The van der Waals surface area contributed by atoms with Crippen LogP contribution in [0.3, 0.4) is 0 Å². The summed E-state index contributed by atoms with van der Waals surface area (Å²) >= 11 is 0. The fraction of sp³-hybridized carbons (Fsp3) is 0.550. The quantitative estimate of drug-likeness (QED) is 0.818. The molecule has 2 aromatic rings. The standard InChI is InChI=1S/C20H28N2O3/c1-14-4-5-18-16(13-25-20(18)15(14)2)12-19(23)22-9-6-17(7-10-22)24-11-3-8-21/h4-5,13,17H,3,6-12,21H2,1-2H3. The molecule has 5 heteroatoms. The van der Waals surface area contributed by atoms with E-state index in [1.165, 1.54) is 5.56 Å². The molecule has 1 fully saturated rings. The number of piperidine rings is 1. The van der Waals surface area contributed by atoms with E-state index in [2.05, 4.69) is 26.0 Å². The number of ether oxygens (including phenoxy) is 1. The summed E-state index contributed by atoms with van der Waals surface area (Å²) in [5.74, 6) is 0.168. The molecule has 0 atom stereocenters. The molecule has 0 aliphatic carbocycles. The van der Waals surface area contributed by atoms with Crippen LogP contribution in [0, 0.1) is 13.8 Å². The molecule has 1 aliphatic rings. The zero-order valence-electron chi connectivity index (χ0n) is 15.2. The fourth-order valence-corrected chi connectivity index (χ4v) is 3.41. The lowest BCUT2D eigenvalue weighted by molar-refractivity contribution is -0.133. The van der Waals surface area contributed by atoms with Crippen LogP contribution >= 0.6 is 0 Å². The number of fused-ring (bicyclic) bond motifs is 1. The Bertz CT molecular complexity index is 730. The maximum atomic E-state index is 12.7. The number of nitrogens with two attached hydrogens (primary N) is 1. The minimum Gasteiger partial charge on any atom is -0.464 e. The third-order valence-electron chi connectivity index (χ3n) is 5.18. The van der Waals surface area contributed by atoms with Gasteiger partial charge in [0.05, 0.1) is 18.8 Å². The molecular weight excluding hydrogens is 316 g/mol. The second-order valence-corrected chi connectivity index (χ2v) is 6.92. The van der Waals surface area contributed by atoms with E-state index in [4.69, 9.17) is 14.9 Å². The van der Waals surface area contributed by atoms with Gasteiger partial charge in [-0.25, -0.2) is 0 Å². The Morgan fingerprint density at radius 1 is 1.32 bits per heavy atom. The van der Waals surface area contributed by atoms with E-state index in [9.17, 15) is 4.79 Å². The monoisotopic (exact) mass is 344 g/mol. The highest BCUT2D eigenvalue weighted by molar-refractivity contribution is 5.89. The van der Waals surface area contributed by atoms with Crippen molar-refractivity contribution in [2.45, 2.75) is 45.6 Å². The van der Waals surface area contributed by atoms with Crippen molar-refractivity contribution in [1.82, 2.24) is 4.90 Å². The van der Waals surface area contributed by atoms with Gasteiger partial charge in [-0.1, -0.05) is 12.1 Å². The van der Waals surface area contributed by atoms with Crippen molar-refractivity contribution in [3.05, 3.63) is 35.1 Å². The van der Waals surface area contributed by atoms with Gasteiger partial charge in [-0.3, -0.25) is 4.79 Å². The number of nitrogens with zero attached hydrogens (tertiary/aromatic N) is 1. The Kier molecular flexibility index (Phi) is 5.76. The van der Waals surface area contributed by atoms with Crippen molar-refractivity contribution >= 4 is 16.9 Å². The van der Waals surface area contributed by atoms with Crippen molar-refractivity contribution in [2.75, 3.05) is 26.2 Å². The second-order valence-electron chi connectivity index (χ2n) is 6.92. The topological polar surface area (TPSA) is 68.7 Å². The summed E-state index contributed by atoms with van der Waals surface area (Å²) in [6.45, 7) is 7.04. The molecule has 0 radical (unpaired) electrons. The molecule has 1 aromatic carbocycles. The van der Waals surface area contributed by atoms with Crippen LogP contribution in [0.25, 0.3) is 11.0 Å². The number of rotatable bonds is 6. The lowest BCUT2D eigenvalue weighted by Crippen LogP contribution is -2.41. The number of carbonyl (C=O) groups excluding carboxylic acids is 1. The van der Waals surface area contributed by atoms with Gasteiger partial charge in [0.2, 0.25) is 5.91 Å². The van der Waals surface area contributed by atoms with E-state index >= 15 is 0 Å². The Balaban J connectivity index is 1.58. The maximum Gasteiger partial charge on any atom is 0.227 e. The average molecular weight is 344 g/mol. The normalized spacial score (nSPS) is 15.9. The van der Waals surface area contributed by atoms with Crippen LogP contribution in [0.15, 0.2) is 22.8 Å². The van der Waals surface area contributed by atoms with E-state index in [0.29, 0.717) is 13.0 Å². The molecule has 136 valence electrons. The van der Waals surface area contributed by atoms with Gasteiger partial charge in [0.25, 0.3) is 0 Å². The first-order chi connectivity index (χ1) is 12.1. The number of furan rings is 1. The molecule has 0 bridgehead atoms. The highest BCUT2D eigenvalue weighted by atomic mass is 16.5. The van der Waals surface area contributed by atoms with Crippen LogP contribution in [0.2, 0.25) is 0 Å². The number of amides is 1. The zero-order valence-corrected chi connectivity index (χ0v) is 15.2. The summed E-state index contributed by atoms with van der Waals surface area (Å²) in [6.07, 6.45) is 5.09. The highest BCUT2D eigenvalue weighted by Gasteiger charge is 2.24. The van der Waals surface area contributed by atoms with Gasteiger partial charge in [-0.2, -0.15) is 0 Å². The van der Waals surface area contributed by atoms with Gasteiger partial charge in [0.15, 0.2) is 0 Å². The molecule has 2 heterocycles. The van der Waals surface area contributed by atoms with Crippen LogP contribution < -0.4 is 5.73 Å². The molecule has 3 rings (SSSR count). The molecule has 25 heavy (non-hydrogen) atoms. The number of carbonyl (C=O) groups is 1. The first kappa shape index (κ1) is 18.0. The molecule has 1 aromatic heterocycles. The molecule has 1 saturated heterocycles. The van der Waals surface area contributed by atoms with Gasteiger partial charge in [0.1, 0.15) is 5.58 Å². The second kappa shape index (κ2) is 8.02. The summed E-state index contributed by atoms with van der Waals surface area (Å²) in [6, 6.07) is 4.15. The SMILES string of the molecule is Cc1ccc2c(CC(=O)N3CCC(OCCCN)CC3)coc2c1C. The van der Waals surface area contributed by atoms with E-state index in [0.717, 1.165) is 61.1 Å². The largest absolute Gasteiger partial charge is 0.464 e. The van der Waals surface area contributed by atoms with Gasteiger partial charge in [-0.15, -0.1) is 0 Å². The van der Waals surface area contributed by atoms with Crippen molar-refractivity contribution in [1.29, 1.82) is 0 Å². The third-order valence-corrected chi connectivity index (χ3v) is 5.18. The van der Waals surface area contributed by atoms with Gasteiger partial charge < -0.3 is 19.8 Å². The molecule has 0 spiro atoms. The lowest BCUT2D eigenvalue weighted by Gasteiger charge is -2.32. The molecule has 1 amide bonds. The fourth-order valence-electron chi connectivity index (χ4n) is 3.41. The van der Waals surface area contributed by atoms with Gasteiger partial charge in [-0.05, 0) is 50.8 Å². The van der Waals surface area contributed by atoms with Crippen LogP contribution in [0.4, 0.5) is 0 Å². The van der Waals surface area contributed by atoms with Gasteiger partial charge in [0, 0.05) is 30.6 Å². The molecule has 1 aliphatic heterocycles. The summed E-state index contributed by atoms with van der Waals surface area (Å²) in [5.41, 5.74) is 9.71. The summed E-state index contributed by atoms with van der Waals surface area (Å²) in [4.78, 5) is 14.6. The number of likely N-dealkylation sites (tertiary alicyclic amines) is 1. The maximum absolute atomic E-state index is 12.7. The van der Waals surface area contributed by atoms with Crippen LogP contribution in [-0.2, 0) is 16.0 Å². The Morgan fingerprint density at radius 2 is 2.08 bits per heavy atom. The molecular formula is C20H28N2O3. The summed E-state index contributed by atoms with van der Waals surface area (Å²) < 4.78 is 11.5. The first-order valence-electron chi connectivity index (χ1n) is 9.16. The predicted octanol–water partition coefficient (Wildman–Crippen LogP) is 2.95. The highest BCUT2D eigenvalue weighted by Crippen LogP contribution is 2.27. The predicted molar refractivity (Wildman–Crippen MR) is 98.6 cm³/mol. The minimum absolute atomic E-state index is 0.168. The zero-order chi connectivity index (χ0) is 17.8. The van der Waals surface area contributed by atoms with Crippen molar-refractivity contribution < 1.29 is 13.9 Å².